The average Bonchev–Trinajstić information content (AvgIpc) is 4.08. The standard InChI is InChI=1S/C48H28Br2S6/c49-35-13-9-31(10-14-35)29-1-5-33(6-2-29)37-17-19-39(51-37)41-21-23-43(53-41)45-25-27-47(55-45)48-28-26-46(56-48)44-24-22-42(54-44)40-20-18-38(52-40)34-7-3-30(4-8-34)32-11-15-36(50)16-12-32/h1-28H. The topological polar surface area (TPSA) is 0 Å². The van der Waals surface area contributed by atoms with Crippen LogP contribution in [0.5, 0.6) is 0 Å². The molecule has 4 aromatic carbocycles. The lowest BCUT2D eigenvalue weighted by Gasteiger charge is -2.03. The van der Waals surface area contributed by atoms with Crippen molar-refractivity contribution in [3.8, 4) is 91.9 Å². The van der Waals surface area contributed by atoms with Gasteiger partial charge in [-0.25, -0.2) is 0 Å². The van der Waals surface area contributed by atoms with Crippen molar-refractivity contribution in [3.63, 3.8) is 0 Å². The molecule has 6 heterocycles. The molecule has 0 atom stereocenters. The predicted octanol–water partition coefficient (Wildman–Crippen LogP) is 18.6. The van der Waals surface area contributed by atoms with E-state index in [9.17, 15) is 0 Å². The van der Waals surface area contributed by atoms with Gasteiger partial charge in [0.25, 0.3) is 0 Å². The van der Waals surface area contributed by atoms with Crippen LogP contribution in [0.25, 0.3) is 91.9 Å². The molecule has 0 N–H and O–H groups in total. The second kappa shape index (κ2) is 15.8. The van der Waals surface area contributed by atoms with E-state index in [1.807, 2.05) is 68.0 Å². The third kappa shape index (κ3) is 7.58. The number of benzene rings is 4. The fourth-order valence-electron chi connectivity index (χ4n) is 6.60. The molecular weight excluding hydrogens is 929 g/mol. The minimum atomic E-state index is 1.10. The Hall–Kier alpha value is -3.96. The van der Waals surface area contributed by atoms with E-state index in [0.717, 1.165) is 8.95 Å². The van der Waals surface area contributed by atoms with Crippen molar-refractivity contribution in [2.75, 3.05) is 0 Å². The monoisotopic (exact) mass is 954 g/mol. The van der Waals surface area contributed by atoms with Gasteiger partial charge in [0.15, 0.2) is 0 Å². The fraction of sp³-hybridized carbons (Fsp3) is 0. The summed E-state index contributed by atoms with van der Waals surface area (Å²) in [6.45, 7) is 0. The molecule has 10 rings (SSSR count). The summed E-state index contributed by atoms with van der Waals surface area (Å²) < 4.78 is 2.20. The second-order valence-corrected chi connectivity index (χ2v) is 21.5. The lowest BCUT2D eigenvalue weighted by Crippen LogP contribution is -1.78. The lowest BCUT2D eigenvalue weighted by atomic mass is 10.0. The zero-order valence-electron chi connectivity index (χ0n) is 29.4. The first-order valence-electron chi connectivity index (χ1n) is 17.8. The first-order chi connectivity index (χ1) is 27.5. The van der Waals surface area contributed by atoms with Crippen LogP contribution in [0.2, 0.25) is 0 Å². The minimum Gasteiger partial charge on any atom is -0.134 e. The lowest BCUT2D eigenvalue weighted by molar-refractivity contribution is 1.59. The van der Waals surface area contributed by atoms with Crippen molar-refractivity contribution in [2.45, 2.75) is 0 Å². The quantitative estimate of drug-likeness (QED) is 0.135. The van der Waals surface area contributed by atoms with Gasteiger partial charge in [0.1, 0.15) is 0 Å². The van der Waals surface area contributed by atoms with Crippen molar-refractivity contribution in [1.82, 2.24) is 0 Å². The van der Waals surface area contributed by atoms with Crippen molar-refractivity contribution < 1.29 is 0 Å². The van der Waals surface area contributed by atoms with E-state index in [4.69, 9.17) is 0 Å². The van der Waals surface area contributed by atoms with E-state index >= 15 is 0 Å². The van der Waals surface area contributed by atoms with Crippen LogP contribution >= 0.6 is 99.9 Å². The van der Waals surface area contributed by atoms with Crippen LogP contribution < -0.4 is 0 Å². The molecule has 0 saturated heterocycles. The van der Waals surface area contributed by atoms with Crippen molar-refractivity contribution in [1.29, 1.82) is 0 Å². The molecule has 0 unspecified atom stereocenters. The molecular formula is C48H28Br2S6. The van der Waals surface area contributed by atoms with Crippen LogP contribution in [0.1, 0.15) is 0 Å². The summed E-state index contributed by atoms with van der Waals surface area (Å²) >= 11 is 18.3. The molecule has 0 aliphatic heterocycles. The Balaban J connectivity index is 0.804. The first-order valence-corrected chi connectivity index (χ1v) is 24.3. The first kappa shape index (κ1) is 36.4. The fourth-order valence-corrected chi connectivity index (χ4v) is 13.6. The third-order valence-corrected chi connectivity index (χ3v) is 18.2. The Kier molecular flexibility index (Phi) is 10.2. The number of hydrogen-bond donors (Lipinski definition) is 0. The highest BCUT2D eigenvalue weighted by atomic mass is 79.9. The van der Waals surface area contributed by atoms with E-state index in [1.54, 1.807) is 0 Å². The maximum Gasteiger partial charge on any atom is 0.0449 e. The van der Waals surface area contributed by atoms with Gasteiger partial charge >= 0.3 is 0 Å². The molecule has 0 bridgehead atoms. The van der Waals surface area contributed by atoms with Gasteiger partial charge in [-0.05, 0) is 130 Å². The summed E-state index contributed by atoms with van der Waals surface area (Å²) in [4.78, 5) is 15.8. The molecule has 10 aromatic rings. The van der Waals surface area contributed by atoms with Gasteiger partial charge in [0.2, 0.25) is 0 Å². The summed E-state index contributed by atoms with van der Waals surface area (Å²) in [5, 5.41) is 0. The smallest absolute Gasteiger partial charge is 0.0449 e. The highest BCUT2D eigenvalue weighted by Crippen LogP contribution is 2.47. The number of rotatable bonds is 9. The van der Waals surface area contributed by atoms with Crippen LogP contribution in [0, 0.1) is 0 Å². The predicted molar refractivity (Wildman–Crippen MR) is 258 cm³/mol. The molecule has 0 amide bonds. The largest absolute Gasteiger partial charge is 0.134 e. The zero-order valence-corrected chi connectivity index (χ0v) is 37.4. The van der Waals surface area contributed by atoms with Gasteiger partial charge in [-0.3, -0.25) is 0 Å². The third-order valence-electron chi connectivity index (χ3n) is 9.54. The molecule has 0 radical (unpaired) electrons. The van der Waals surface area contributed by atoms with Crippen LogP contribution in [-0.2, 0) is 0 Å². The van der Waals surface area contributed by atoms with Crippen LogP contribution in [0.3, 0.4) is 0 Å². The van der Waals surface area contributed by atoms with E-state index in [2.05, 4.69) is 202 Å². The summed E-state index contributed by atoms with van der Waals surface area (Å²) in [5.41, 5.74) is 7.43. The molecule has 6 aromatic heterocycles. The van der Waals surface area contributed by atoms with E-state index in [-0.39, 0.29) is 0 Å². The Morgan fingerprint density at radius 3 is 0.571 bits per heavy atom. The van der Waals surface area contributed by atoms with E-state index in [1.165, 1.54) is 91.9 Å². The minimum absolute atomic E-state index is 1.10. The van der Waals surface area contributed by atoms with Crippen molar-refractivity contribution >= 4 is 99.9 Å². The number of halogens is 2. The molecule has 0 spiro atoms. The van der Waals surface area contributed by atoms with Gasteiger partial charge in [0, 0.05) is 67.5 Å². The summed E-state index contributed by atoms with van der Waals surface area (Å²) in [7, 11) is 0. The molecule has 270 valence electrons. The molecule has 0 aliphatic carbocycles. The Labute approximate surface area is 367 Å². The average molecular weight is 957 g/mol. The highest BCUT2D eigenvalue weighted by molar-refractivity contribution is 9.10. The summed E-state index contributed by atoms with van der Waals surface area (Å²) in [5.74, 6) is 0. The van der Waals surface area contributed by atoms with Crippen molar-refractivity contribution in [3.05, 3.63) is 179 Å². The molecule has 0 aliphatic rings. The SMILES string of the molecule is Brc1ccc(-c2ccc(-c3ccc(-c4ccc(-c5ccc(-c6ccc(-c7ccc(-c8ccc(-c9ccc(-c%10ccc(Br)cc%10)cc9)s8)s7)s6)s5)s4)s3)cc2)cc1. The number of hydrogen-bond acceptors (Lipinski definition) is 6. The van der Waals surface area contributed by atoms with E-state index < -0.39 is 0 Å². The molecule has 0 fully saturated rings. The van der Waals surface area contributed by atoms with Gasteiger partial charge in [-0.2, -0.15) is 0 Å². The Bertz CT molecular complexity index is 2710. The normalized spacial score (nSPS) is 11.4. The van der Waals surface area contributed by atoms with Gasteiger partial charge in [-0.1, -0.05) is 105 Å². The number of thiophene rings is 6. The van der Waals surface area contributed by atoms with Gasteiger partial charge in [0.05, 0.1) is 0 Å². The maximum absolute atomic E-state index is 3.54. The summed E-state index contributed by atoms with van der Waals surface area (Å²) in [6, 6.07) is 62.1. The van der Waals surface area contributed by atoms with Crippen LogP contribution in [0.15, 0.2) is 179 Å². The van der Waals surface area contributed by atoms with Crippen LogP contribution in [-0.4, -0.2) is 0 Å². The molecule has 0 saturated carbocycles. The second-order valence-electron chi connectivity index (χ2n) is 13.2. The molecule has 56 heavy (non-hydrogen) atoms. The van der Waals surface area contributed by atoms with Crippen LogP contribution in [0.4, 0.5) is 0 Å². The van der Waals surface area contributed by atoms with E-state index in [0.29, 0.717) is 0 Å². The Morgan fingerprint density at radius 1 is 0.179 bits per heavy atom. The van der Waals surface area contributed by atoms with Crippen molar-refractivity contribution in [2.24, 2.45) is 0 Å². The highest BCUT2D eigenvalue weighted by Gasteiger charge is 2.15. The summed E-state index contributed by atoms with van der Waals surface area (Å²) in [6.07, 6.45) is 0. The maximum atomic E-state index is 3.54. The van der Waals surface area contributed by atoms with Gasteiger partial charge in [-0.15, -0.1) is 68.0 Å². The Morgan fingerprint density at radius 2 is 0.339 bits per heavy atom. The zero-order chi connectivity index (χ0) is 37.6. The molecule has 8 heteroatoms. The molecule has 0 nitrogen and oxygen atoms in total. The van der Waals surface area contributed by atoms with Gasteiger partial charge < -0.3 is 0 Å².